The van der Waals surface area contributed by atoms with Gasteiger partial charge in [0.2, 0.25) is 5.88 Å². The zero-order valence-corrected chi connectivity index (χ0v) is 16.3. The fraction of sp³-hybridized carbons (Fsp3) is 0.167. The molecule has 9 nitrogen and oxygen atoms in total. The predicted octanol–water partition coefficient (Wildman–Crippen LogP) is 2.38. The Morgan fingerprint density at radius 2 is 1.97 bits per heavy atom. The van der Waals surface area contributed by atoms with Crippen LogP contribution in [-0.2, 0) is 22.5 Å². The van der Waals surface area contributed by atoms with Crippen molar-refractivity contribution in [3.63, 3.8) is 0 Å². The minimum absolute atomic E-state index is 0.0816. The van der Waals surface area contributed by atoms with Crippen molar-refractivity contribution in [2.24, 2.45) is 0 Å². The smallest absolute Gasteiger partial charge is 0.414 e. The number of amides is 1. The molecule has 0 atom stereocenters. The first kappa shape index (κ1) is 20.1. The number of anilines is 1. The number of hydrogen-bond acceptors (Lipinski definition) is 6. The molecule has 4 rings (SSSR count). The number of halogens is 2. The highest BCUT2D eigenvalue weighted by Gasteiger charge is 2.31. The van der Waals surface area contributed by atoms with E-state index in [1.165, 1.54) is 13.3 Å². The molecule has 0 bridgehead atoms. The van der Waals surface area contributed by atoms with Crippen molar-refractivity contribution in [3.8, 4) is 5.88 Å². The van der Waals surface area contributed by atoms with Crippen LogP contribution in [0.4, 0.5) is 19.3 Å². The van der Waals surface area contributed by atoms with Crippen LogP contribution in [0.3, 0.4) is 0 Å². The van der Waals surface area contributed by atoms with Gasteiger partial charge in [-0.3, -0.25) is 9.46 Å². The number of benzene rings is 1. The normalized spacial score (nSPS) is 13.9. The molecule has 3 aromatic rings. The Hall–Kier alpha value is -3.14. The molecule has 12 heteroatoms. The van der Waals surface area contributed by atoms with Crippen LogP contribution >= 0.6 is 7.60 Å². The van der Waals surface area contributed by atoms with Gasteiger partial charge in [-0.2, -0.15) is 4.98 Å². The molecule has 30 heavy (non-hydrogen) atoms. The monoisotopic (exact) mass is 437 g/mol. The van der Waals surface area contributed by atoms with Gasteiger partial charge in [-0.25, -0.2) is 18.6 Å². The van der Waals surface area contributed by atoms with Gasteiger partial charge in [0, 0.05) is 28.8 Å². The Morgan fingerprint density at radius 3 is 2.60 bits per heavy atom. The summed E-state index contributed by atoms with van der Waals surface area (Å²) in [5.41, 5.74) is 0.528. The Morgan fingerprint density at radius 1 is 1.27 bits per heavy atom. The molecular formula is C18H14F2N3O6P. The summed E-state index contributed by atoms with van der Waals surface area (Å²) >= 11 is 0. The number of ether oxygens (including phenoxy) is 2. The second kappa shape index (κ2) is 7.28. The van der Waals surface area contributed by atoms with Crippen molar-refractivity contribution < 1.29 is 37.4 Å². The summed E-state index contributed by atoms with van der Waals surface area (Å²) in [6.45, 7) is -0.655. The van der Waals surface area contributed by atoms with E-state index in [0.717, 1.165) is 4.90 Å². The minimum atomic E-state index is -4.85. The number of hydrogen-bond donors (Lipinski definition) is 2. The zero-order chi connectivity index (χ0) is 21.6. The Bertz CT molecular complexity index is 1210. The standard InChI is InChI=1S/C18H14F2N3O6P/c1-28-15-3-2-11-16-9(6-21-17(11)22-15)8-29-18(24)23(16)7-12-13(19)4-10(5-14(12)20)30(25,26)27/h2-6H,7-8H2,1H3,(H2,25,26,27). The van der Waals surface area contributed by atoms with Crippen molar-refractivity contribution in [2.75, 3.05) is 12.0 Å². The number of fused-ring (bicyclic) bond motifs is 3. The molecule has 1 aliphatic rings. The van der Waals surface area contributed by atoms with Crippen LogP contribution in [-0.4, -0.2) is 33.0 Å². The van der Waals surface area contributed by atoms with Crippen LogP contribution in [0.25, 0.3) is 11.0 Å². The summed E-state index contributed by atoms with van der Waals surface area (Å²) in [7, 11) is -3.42. The van der Waals surface area contributed by atoms with Crippen LogP contribution in [0.5, 0.6) is 5.88 Å². The molecule has 2 aromatic heterocycles. The van der Waals surface area contributed by atoms with Gasteiger partial charge in [0.05, 0.1) is 24.6 Å². The first-order valence-corrected chi connectivity index (χ1v) is 10.1. The van der Waals surface area contributed by atoms with E-state index in [0.29, 0.717) is 34.6 Å². The van der Waals surface area contributed by atoms with E-state index in [1.807, 2.05) is 0 Å². The fourth-order valence-corrected chi connectivity index (χ4v) is 3.71. The van der Waals surface area contributed by atoms with E-state index < -0.39 is 42.7 Å². The van der Waals surface area contributed by atoms with E-state index >= 15 is 0 Å². The van der Waals surface area contributed by atoms with E-state index in [1.54, 1.807) is 12.1 Å². The van der Waals surface area contributed by atoms with Crippen molar-refractivity contribution in [1.82, 2.24) is 9.97 Å². The summed E-state index contributed by atoms with van der Waals surface area (Å²) in [6, 6.07) is 4.26. The van der Waals surface area contributed by atoms with Crippen LogP contribution in [0.2, 0.25) is 0 Å². The summed E-state index contributed by atoms with van der Waals surface area (Å²) in [5, 5.41) is -0.355. The van der Waals surface area contributed by atoms with Gasteiger partial charge in [0.1, 0.15) is 18.2 Å². The van der Waals surface area contributed by atoms with Gasteiger partial charge >= 0.3 is 13.7 Å². The largest absolute Gasteiger partial charge is 0.481 e. The van der Waals surface area contributed by atoms with Gasteiger partial charge < -0.3 is 19.3 Å². The lowest BCUT2D eigenvalue weighted by molar-refractivity contribution is 0.141. The SMILES string of the molecule is COc1ccc2c3c(cnc2n1)COC(=O)N3Cc1c(F)cc(P(=O)(O)O)cc1F. The second-order valence-electron chi connectivity index (χ2n) is 6.43. The van der Waals surface area contributed by atoms with E-state index in [-0.39, 0.29) is 12.3 Å². The average Bonchev–Trinajstić information content (AvgIpc) is 2.70. The van der Waals surface area contributed by atoms with E-state index in [4.69, 9.17) is 19.3 Å². The van der Waals surface area contributed by atoms with Crippen molar-refractivity contribution in [3.05, 3.63) is 53.2 Å². The fourth-order valence-electron chi connectivity index (χ4n) is 3.14. The minimum Gasteiger partial charge on any atom is -0.481 e. The number of rotatable bonds is 4. The lowest BCUT2D eigenvalue weighted by Gasteiger charge is -2.30. The number of aromatic nitrogens is 2. The highest BCUT2D eigenvalue weighted by atomic mass is 31.2. The molecule has 3 heterocycles. The molecule has 0 radical (unpaired) electrons. The van der Waals surface area contributed by atoms with E-state index in [2.05, 4.69) is 9.97 Å². The summed E-state index contributed by atoms with van der Waals surface area (Å²) in [6.07, 6.45) is 0.594. The lowest BCUT2D eigenvalue weighted by atomic mass is 10.1. The molecule has 2 N–H and O–H groups in total. The van der Waals surface area contributed by atoms with Crippen LogP contribution in [0.1, 0.15) is 11.1 Å². The molecule has 1 aliphatic heterocycles. The second-order valence-corrected chi connectivity index (χ2v) is 8.03. The molecule has 0 fully saturated rings. The highest BCUT2D eigenvalue weighted by Crippen LogP contribution is 2.37. The average molecular weight is 437 g/mol. The first-order chi connectivity index (χ1) is 14.2. The molecular weight excluding hydrogens is 423 g/mol. The number of nitrogens with zero attached hydrogens (tertiary/aromatic N) is 3. The zero-order valence-electron chi connectivity index (χ0n) is 15.4. The summed E-state index contributed by atoms with van der Waals surface area (Å²) < 4.78 is 50.5. The van der Waals surface area contributed by atoms with Gasteiger partial charge in [-0.15, -0.1) is 0 Å². The molecule has 1 aromatic carbocycles. The van der Waals surface area contributed by atoms with Gasteiger partial charge in [0.15, 0.2) is 5.65 Å². The Labute approximate surface area is 168 Å². The molecule has 0 aliphatic carbocycles. The van der Waals surface area contributed by atoms with Crippen molar-refractivity contribution >= 4 is 35.7 Å². The van der Waals surface area contributed by atoms with Gasteiger partial charge in [0.25, 0.3) is 0 Å². The number of pyridine rings is 2. The summed E-state index contributed by atoms with van der Waals surface area (Å²) in [5.74, 6) is -2.11. The van der Waals surface area contributed by atoms with Crippen molar-refractivity contribution in [1.29, 1.82) is 0 Å². The molecule has 1 amide bonds. The maximum Gasteiger partial charge on any atom is 0.414 e. The van der Waals surface area contributed by atoms with Crippen LogP contribution < -0.4 is 14.9 Å². The lowest BCUT2D eigenvalue weighted by Crippen LogP contribution is -2.36. The predicted molar refractivity (Wildman–Crippen MR) is 100 cm³/mol. The molecule has 156 valence electrons. The molecule has 0 saturated heterocycles. The Balaban J connectivity index is 1.83. The third-order valence-corrected chi connectivity index (χ3v) is 5.51. The molecule has 0 saturated carbocycles. The van der Waals surface area contributed by atoms with Crippen LogP contribution in [0.15, 0.2) is 30.5 Å². The number of carbonyl (C=O) groups is 1. The maximum absolute atomic E-state index is 14.5. The third kappa shape index (κ3) is 3.47. The molecule has 0 unspecified atom stereocenters. The molecule has 0 spiro atoms. The summed E-state index contributed by atoms with van der Waals surface area (Å²) in [4.78, 5) is 40.2. The number of cyclic esters (lactones) is 1. The first-order valence-electron chi connectivity index (χ1n) is 8.50. The van der Waals surface area contributed by atoms with Crippen LogP contribution in [0, 0.1) is 11.6 Å². The van der Waals surface area contributed by atoms with E-state index in [9.17, 15) is 18.1 Å². The number of methoxy groups -OCH3 is 1. The number of carbonyl (C=O) groups excluding carboxylic acids is 1. The quantitative estimate of drug-likeness (QED) is 0.597. The third-order valence-electron chi connectivity index (χ3n) is 4.58. The van der Waals surface area contributed by atoms with Gasteiger partial charge in [-0.05, 0) is 18.2 Å². The van der Waals surface area contributed by atoms with Crippen molar-refractivity contribution in [2.45, 2.75) is 13.2 Å². The topological polar surface area (TPSA) is 122 Å². The maximum atomic E-state index is 14.5. The van der Waals surface area contributed by atoms with Gasteiger partial charge in [-0.1, -0.05) is 0 Å². The Kier molecular flexibility index (Phi) is 4.89. The highest BCUT2D eigenvalue weighted by molar-refractivity contribution is 7.60.